The molecule has 1 unspecified atom stereocenters. The predicted molar refractivity (Wildman–Crippen MR) is 121 cm³/mol. The molecule has 11 heteroatoms. The maximum Gasteiger partial charge on any atom is 0.349 e. The number of nitrogens with two attached hydrogens (primary N) is 1. The van der Waals surface area contributed by atoms with E-state index in [9.17, 15) is 9.18 Å². The first-order valence-electron chi connectivity index (χ1n) is 10.1. The van der Waals surface area contributed by atoms with Gasteiger partial charge in [-0.05, 0) is 35.8 Å². The standard InChI is InChI=1S/C21H26FN7O2.ClH/c1-16-9-19(18-3-2-4-24-12-18)13-25-21(16,27-5-7-31-8-6-27)28-15-26-29(20(28)30)14-17(10-22)11-23;/h2-4,9-10,12-13,15,25H,5-8,11,14,23H2,1H3;1H/b17-10+;. The maximum absolute atomic E-state index is 13.3. The Morgan fingerprint density at radius 2 is 2.19 bits per heavy atom. The molecule has 1 fully saturated rings. The number of rotatable bonds is 6. The first-order chi connectivity index (χ1) is 15.1. The van der Waals surface area contributed by atoms with Crippen LogP contribution in [-0.2, 0) is 17.1 Å². The maximum atomic E-state index is 13.3. The summed E-state index contributed by atoms with van der Waals surface area (Å²) < 4.78 is 21.3. The van der Waals surface area contributed by atoms with Gasteiger partial charge < -0.3 is 15.8 Å². The lowest BCUT2D eigenvalue weighted by Gasteiger charge is -2.47. The summed E-state index contributed by atoms with van der Waals surface area (Å²) in [5.41, 5.74) is 8.32. The van der Waals surface area contributed by atoms with Gasteiger partial charge >= 0.3 is 5.69 Å². The lowest BCUT2D eigenvalue weighted by Crippen LogP contribution is -2.65. The molecule has 1 atom stereocenters. The van der Waals surface area contributed by atoms with Crippen LogP contribution in [0.2, 0.25) is 0 Å². The van der Waals surface area contributed by atoms with Crippen molar-refractivity contribution in [1.82, 2.24) is 29.5 Å². The van der Waals surface area contributed by atoms with E-state index in [4.69, 9.17) is 10.5 Å². The molecule has 0 aliphatic carbocycles. The molecule has 32 heavy (non-hydrogen) atoms. The number of ether oxygens (including phenoxy) is 1. The SMILES string of the molecule is CC1=CC(c2cccnc2)=CNC1(N1CCOCC1)n1cnn(C/C(=C/F)CN)c1=O.Cl. The van der Waals surface area contributed by atoms with Gasteiger partial charge in [-0.2, -0.15) is 5.10 Å². The summed E-state index contributed by atoms with van der Waals surface area (Å²) >= 11 is 0. The third-order valence-electron chi connectivity index (χ3n) is 5.67. The highest BCUT2D eigenvalue weighted by molar-refractivity contribution is 5.85. The number of nitrogens with zero attached hydrogens (tertiary/aromatic N) is 5. The molecule has 4 rings (SSSR count). The summed E-state index contributed by atoms with van der Waals surface area (Å²) in [6.45, 7) is 4.36. The van der Waals surface area contributed by atoms with Gasteiger partial charge in [0.25, 0.3) is 0 Å². The van der Waals surface area contributed by atoms with Crippen LogP contribution in [0, 0.1) is 0 Å². The smallest absolute Gasteiger partial charge is 0.349 e. The van der Waals surface area contributed by atoms with E-state index < -0.39 is 5.79 Å². The summed E-state index contributed by atoms with van der Waals surface area (Å²) in [4.78, 5) is 19.6. The van der Waals surface area contributed by atoms with Gasteiger partial charge in [-0.15, -0.1) is 12.4 Å². The van der Waals surface area contributed by atoms with E-state index in [0.29, 0.717) is 32.6 Å². The fourth-order valence-corrected chi connectivity index (χ4v) is 4.01. The Kier molecular flexibility index (Phi) is 7.62. The van der Waals surface area contributed by atoms with Crippen molar-refractivity contribution in [3.63, 3.8) is 0 Å². The molecular weight excluding hydrogens is 437 g/mol. The number of hydrogen-bond donors (Lipinski definition) is 2. The zero-order chi connectivity index (χ0) is 21.8. The Bertz CT molecular complexity index is 1070. The van der Waals surface area contributed by atoms with E-state index >= 15 is 0 Å². The largest absolute Gasteiger partial charge is 0.379 e. The third kappa shape index (κ3) is 4.26. The van der Waals surface area contributed by atoms with Crippen molar-refractivity contribution < 1.29 is 9.13 Å². The Labute approximate surface area is 191 Å². The first-order valence-corrected chi connectivity index (χ1v) is 10.1. The van der Waals surface area contributed by atoms with Crippen LogP contribution >= 0.6 is 12.4 Å². The van der Waals surface area contributed by atoms with Crippen molar-refractivity contribution >= 4 is 18.0 Å². The summed E-state index contributed by atoms with van der Waals surface area (Å²) in [6, 6.07) is 3.86. The molecule has 0 amide bonds. The van der Waals surface area contributed by atoms with Crippen molar-refractivity contribution in [3.05, 3.63) is 76.7 Å². The molecule has 2 aliphatic rings. The quantitative estimate of drug-likeness (QED) is 0.663. The minimum absolute atomic E-state index is 0. The summed E-state index contributed by atoms with van der Waals surface area (Å²) in [7, 11) is 0. The van der Waals surface area contributed by atoms with E-state index in [-0.39, 0.29) is 36.8 Å². The van der Waals surface area contributed by atoms with E-state index in [2.05, 4.69) is 20.3 Å². The molecule has 172 valence electrons. The topological polar surface area (TPSA) is 103 Å². The van der Waals surface area contributed by atoms with Gasteiger partial charge in [-0.1, -0.05) is 6.07 Å². The van der Waals surface area contributed by atoms with E-state index in [1.807, 2.05) is 31.3 Å². The number of hydrogen-bond acceptors (Lipinski definition) is 7. The molecule has 2 aliphatic heterocycles. The molecule has 4 heterocycles. The second-order valence-corrected chi connectivity index (χ2v) is 7.50. The van der Waals surface area contributed by atoms with Crippen molar-refractivity contribution in [2.24, 2.45) is 5.73 Å². The van der Waals surface area contributed by atoms with Gasteiger partial charge in [0.15, 0.2) is 0 Å². The number of morpholine rings is 1. The Morgan fingerprint density at radius 1 is 1.41 bits per heavy atom. The molecule has 2 aromatic heterocycles. The number of allylic oxidation sites excluding steroid dienone is 2. The summed E-state index contributed by atoms with van der Waals surface area (Å²) in [5.74, 6) is -0.951. The number of nitrogens with one attached hydrogen (secondary N) is 1. The highest BCUT2D eigenvalue weighted by Gasteiger charge is 2.44. The lowest BCUT2D eigenvalue weighted by molar-refractivity contribution is -0.0530. The Balaban J connectivity index is 0.00000289. The van der Waals surface area contributed by atoms with Crippen LogP contribution < -0.4 is 16.7 Å². The monoisotopic (exact) mass is 463 g/mol. The minimum Gasteiger partial charge on any atom is -0.379 e. The summed E-state index contributed by atoms with van der Waals surface area (Å²) in [6.07, 6.45) is 9.36. The van der Waals surface area contributed by atoms with E-state index in [1.54, 1.807) is 17.0 Å². The van der Waals surface area contributed by atoms with Crippen LogP contribution in [0.15, 0.2) is 65.4 Å². The molecule has 2 aromatic rings. The van der Waals surface area contributed by atoms with Crippen molar-refractivity contribution in [2.45, 2.75) is 19.3 Å². The van der Waals surface area contributed by atoms with Crippen LogP contribution in [-0.4, -0.2) is 57.1 Å². The molecule has 0 spiro atoms. The number of dihydropyridines is 1. The normalized spacial score (nSPS) is 21.9. The average Bonchev–Trinajstić information content (AvgIpc) is 3.19. The highest BCUT2D eigenvalue weighted by Crippen LogP contribution is 2.33. The molecule has 0 bridgehead atoms. The van der Waals surface area contributed by atoms with Gasteiger partial charge in [0.2, 0.25) is 5.79 Å². The summed E-state index contributed by atoms with van der Waals surface area (Å²) in [5, 5.41) is 7.69. The van der Waals surface area contributed by atoms with Gasteiger partial charge in [0.05, 0.1) is 26.1 Å². The number of aromatic nitrogens is 4. The molecule has 1 saturated heterocycles. The van der Waals surface area contributed by atoms with Crippen LogP contribution in [0.25, 0.3) is 5.57 Å². The molecule has 0 saturated carbocycles. The van der Waals surface area contributed by atoms with E-state index in [1.165, 1.54) is 11.0 Å². The minimum atomic E-state index is -0.951. The number of halogens is 2. The molecule has 9 nitrogen and oxygen atoms in total. The Morgan fingerprint density at radius 3 is 2.81 bits per heavy atom. The number of pyridine rings is 1. The van der Waals surface area contributed by atoms with Gasteiger partial charge in [0.1, 0.15) is 6.33 Å². The zero-order valence-electron chi connectivity index (χ0n) is 17.8. The fraction of sp³-hybridized carbons (Fsp3) is 0.381. The van der Waals surface area contributed by atoms with Gasteiger partial charge in [-0.3, -0.25) is 9.88 Å². The van der Waals surface area contributed by atoms with Crippen LogP contribution in [0.1, 0.15) is 12.5 Å². The van der Waals surface area contributed by atoms with Crippen molar-refractivity contribution in [3.8, 4) is 0 Å². The van der Waals surface area contributed by atoms with Crippen LogP contribution in [0.4, 0.5) is 4.39 Å². The van der Waals surface area contributed by atoms with Crippen LogP contribution in [0.5, 0.6) is 0 Å². The lowest BCUT2D eigenvalue weighted by atomic mass is 9.97. The van der Waals surface area contributed by atoms with Crippen molar-refractivity contribution in [2.75, 3.05) is 32.8 Å². The molecule has 0 radical (unpaired) electrons. The highest BCUT2D eigenvalue weighted by atomic mass is 35.5. The molecule has 0 aromatic carbocycles. The second-order valence-electron chi connectivity index (χ2n) is 7.50. The molecule has 3 N–H and O–H groups in total. The Hall–Kier alpha value is -2.79. The van der Waals surface area contributed by atoms with Gasteiger partial charge in [0, 0.05) is 43.8 Å². The van der Waals surface area contributed by atoms with Gasteiger partial charge in [-0.25, -0.2) is 18.4 Å². The second kappa shape index (κ2) is 10.2. The average molecular weight is 464 g/mol. The predicted octanol–water partition coefficient (Wildman–Crippen LogP) is 1.21. The third-order valence-corrected chi connectivity index (χ3v) is 5.67. The fourth-order valence-electron chi connectivity index (χ4n) is 4.01. The van der Waals surface area contributed by atoms with Crippen molar-refractivity contribution in [1.29, 1.82) is 0 Å². The van der Waals surface area contributed by atoms with Crippen LogP contribution in [0.3, 0.4) is 0 Å². The zero-order valence-corrected chi connectivity index (χ0v) is 18.6. The molecular formula is C21H27ClFN7O2. The van der Waals surface area contributed by atoms with E-state index in [0.717, 1.165) is 16.7 Å². The first kappa shape index (κ1) is 23.9.